The Morgan fingerprint density at radius 1 is 0.955 bits per heavy atom. The molecule has 0 aliphatic carbocycles. The van der Waals surface area contributed by atoms with Crippen LogP contribution in [0.4, 0.5) is 0 Å². The Morgan fingerprint density at radius 2 is 1.45 bits per heavy atom. The molecule has 0 spiro atoms. The van der Waals surface area contributed by atoms with Crippen molar-refractivity contribution in [2.24, 2.45) is 10.9 Å². The molecule has 0 aromatic heterocycles. The van der Waals surface area contributed by atoms with E-state index in [9.17, 15) is 0 Å². The fourth-order valence-electron chi connectivity index (χ4n) is 1.07. The number of nitriles is 1. The van der Waals surface area contributed by atoms with Crippen molar-refractivity contribution in [2.75, 3.05) is 52.9 Å². The Labute approximate surface area is 132 Å². The van der Waals surface area contributed by atoms with Crippen molar-refractivity contribution in [1.29, 1.82) is 5.26 Å². The van der Waals surface area contributed by atoms with Gasteiger partial charge in [-0.3, -0.25) is 0 Å². The number of hydrogen-bond acceptors (Lipinski definition) is 7. The molecule has 22 heavy (non-hydrogen) atoms. The van der Waals surface area contributed by atoms with Crippen molar-refractivity contribution in [3.05, 3.63) is 0 Å². The third-order valence-electron chi connectivity index (χ3n) is 2.14. The van der Waals surface area contributed by atoms with E-state index < -0.39 is 0 Å². The maximum atomic E-state index is 8.16. The molecular weight excluding hydrogens is 290 g/mol. The van der Waals surface area contributed by atoms with E-state index >= 15 is 0 Å². The smallest absolute Gasteiger partial charge is 0.141 e. The molecule has 130 valence electrons. The third kappa shape index (κ3) is 23.7. The average Bonchev–Trinajstić information content (AvgIpc) is 2.54. The van der Waals surface area contributed by atoms with Crippen molar-refractivity contribution < 1.29 is 24.2 Å². The Hall–Kier alpha value is -1.40. The first-order valence-corrected chi connectivity index (χ1v) is 7.37. The number of amidine groups is 1. The molecule has 0 atom stereocenters. The summed E-state index contributed by atoms with van der Waals surface area (Å²) in [6, 6.07) is 1.99. The van der Waals surface area contributed by atoms with Crippen molar-refractivity contribution in [3.8, 4) is 6.07 Å². The van der Waals surface area contributed by atoms with Crippen LogP contribution in [0.25, 0.3) is 0 Å². The SMILES string of the molecule is CCOCCOCC/C(N)=N/O.CCOCCOCCC#N. The van der Waals surface area contributed by atoms with Gasteiger partial charge in [0.25, 0.3) is 0 Å². The molecule has 0 rings (SSSR count). The summed E-state index contributed by atoms with van der Waals surface area (Å²) in [5.74, 6) is 0.186. The largest absolute Gasteiger partial charge is 0.409 e. The average molecular weight is 319 g/mol. The molecule has 0 fully saturated rings. The van der Waals surface area contributed by atoms with E-state index in [1.54, 1.807) is 0 Å². The van der Waals surface area contributed by atoms with Gasteiger partial charge in [-0.15, -0.1) is 0 Å². The maximum Gasteiger partial charge on any atom is 0.141 e. The van der Waals surface area contributed by atoms with E-state index in [-0.39, 0.29) is 5.84 Å². The van der Waals surface area contributed by atoms with Gasteiger partial charge in [-0.05, 0) is 13.8 Å². The Balaban J connectivity index is 0. The number of rotatable bonds is 13. The van der Waals surface area contributed by atoms with Gasteiger partial charge in [-0.2, -0.15) is 5.26 Å². The van der Waals surface area contributed by atoms with Crippen molar-refractivity contribution in [1.82, 2.24) is 0 Å². The highest BCUT2D eigenvalue weighted by Crippen LogP contribution is 1.83. The van der Waals surface area contributed by atoms with Gasteiger partial charge in [0.05, 0.1) is 52.1 Å². The number of nitrogens with two attached hydrogens (primary N) is 1. The van der Waals surface area contributed by atoms with Gasteiger partial charge >= 0.3 is 0 Å². The number of ether oxygens (including phenoxy) is 4. The van der Waals surface area contributed by atoms with Gasteiger partial charge < -0.3 is 29.9 Å². The molecule has 0 aliphatic heterocycles. The molecule has 0 aromatic carbocycles. The van der Waals surface area contributed by atoms with Crippen LogP contribution in [0.1, 0.15) is 26.7 Å². The molecule has 0 aliphatic rings. The second kappa shape index (κ2) is 21.9. The molecule has 0 heterocycles. The van der Waals surface area contributed by atoms with Crippen LogP contribution in [0, 0.1) is 11.3 Å². The van der Waals surface area contributed by atoms with Crippen LogP contribution >= 0.6 is 0 Å². The minimum absolute atomic E-state index is 0.186. The van der Waals surface area contributed by atoms with Gasteiger partial charge in [-0.1, -0.05) is 5.16 Å². The van der Waals surface area contributed by atoms with Crippen LogP contribution in [0.5, 0.6) is 0 Å². The summed E-state index contributed by atoms with van der Waals surface area (Å²) in [5.41, 5.74) is 5.20. The molecule has 3 N–H and O–H groups in total. The minimum Gasteiger partial charge on any atom is -0.409 e. The van der Waals surface area contributed by atoms with E-state index in [4.69, 9.17) is 35.2 Å². The lowest BCUT2D eigenvalue weighted by Crippen LogP contribution is -2.15. The predicted octanol–water partition coefficient (Wildman–Crippen LogP) is 1.13. The van der Waals surface area contributed by atoms with Crippen molar-refractivity contribution >= 4 is 5.84 Å². The molecule has 0 saturated carbocycles. The van der Waals surface area contributed by atoms with Gasteiger partial charge in [0.2, 0.25) is 0 Å². The lowest BCUT2D eigenvalue weighted by molar-refractivity contribution is 0.0551. The molecule has 8 heteroatoms. The van der Waals surface area contributed by atoms with Gasteiger partial charge in [-0.25, -0.2) is 0 Å². The van der Waals surface area contributed by atoms with Gasteiger partial charge in [0.15, 0.2) is 0 Å². The normalized spacial score (nSPS) is 10.7. The zero-order valence-electron chi connectivity index (χ0n) is 13.6. The quantitative estimate of drug-likeness (QED) is 0.172. The van der Waals surface area contributed by atoms with E-state index in [0.717, 1.165) is 6.61 Å². The lowest BCUT2D eigenvalue weighted by atomic mass is 10.4. The standard InChI is InChI=1S/C7H16N2O3.C7H13NO2/c1-2-11-5-6-12-4-3-7(8)9-10;1-2-9-6-7-10-5-3-4-8/h10H,2-6H2,1H3,(H2,8,9);2-3,5-7H2,1H3. The number of nitrogens with zero attached hydrogens (tertiary/aromatic N) is 2. The molecule has 0 saturated heterocycles. The van der Waals surface area contributed by atoms with Crippen LogP contribution in [0.15, 0.2) is 5.16 Å². The highest BCUT2D eigenvalue weighted by molar-refractivity contribution is 5.79. The molecular formula is C14H29N3O5. The van der Waals surface area contributed by atoms with Gasteiger partial charge in [0.1, 0.15) is 5.84 Å². The molecule has 0 amide bonds. The highest BCUT2D eigenvalue weighted by atomic mass is 16.5. The Bertz CT molecular complexity index is 282. The van der Waals surface area contributed by atoms with E-state index in [0.29, 0.717) is 59.1 Å². The van der Waals surface area contributed by atoms with Crippen LogP contribution in [0.2, 0.25) is 0 Å². The maximum absolute atomic E-state index is 8.16. The lowest BCUT2D eigenvalue weighted by Gasteiger charge is -2.02. The number of oxime groups is 1. The first-order chi connectivity index (χ1) is 10.7. The van der Waals surface area contributed by atoms with Crippen LogP contribution in [0.3, 0.4) is 0 Å². The summed E-state index contributed by atoms with van der Waals surface area (Å²) < 4.78 is 20.2. The second-order valence-corrected chi connectivity index (χ2v) is 3.87. The topological polar surface area (TPSA) is 119 Å². The molecule has 0 unspecified atom stereocenters. The van der Waals surface area contributed by atoms with Gasteiger partial charge in [0, 0.05) is 19.6 Å². The second-order valence-electron chi connectivity index (χ2n) is 3.87. The third-order valence-corrected chi connectivity index (χ3v) is 2.14. The molecule has 0 radical (unpaired) electrons. The first kappa shape index (κ1) is 22.9. The minimum atomic E-state index is 0.186. The molecule has 8 nitrogen and oxygen atoms in total. The Kier molecular flexibility index (Phi) is 22.8. The summed E-state index contributed by atoms with van der Waals surface area (Å²) >= 11 is 0. The summed E-state index contributed by atoms with van der Waals surface area (Å²) in [6.07, 6.45) is 0.911. The predicted molar refractivity (Wildman–Crippen MR) is 82.9 cm³/mol. The van der Waals surface area contributed by atoms with Crippen molar-refractivity contribution in [3.63, 3.8) is 0 Å². The fraction of sp³-hybridized carbons (Fsp3) is 0.857. The molecule has 0 bridgehead atoms. The first-order valence-electron chi connectivity index (χ1n) is 7.37. The van der Waals surface area contributed by atoms with Crippen molar-refractivity contribution in [2.45, 2.75) is 26.7 Å². The van der Waals surface area contributed by atoms with E-state index in [1.165, 1.54) is 0 Å². The Morgan fingerprint density at radius 3 is 1.91 bits per heavy atom. The zero-order valence-corrected chi connectivity index (χ0v) is 13.6. The zero-order chi connectivity index (χ0) is 16.9. The monoisotopic (exact) mass is 319 g/mol. The van der Waals surface area contributed by atoms with E-state index in [2.05, 4.69) is 5.16 Å². The van der Waals surface area contributed by atoms with Crippen LogP contribution < -0.4 is 5.73 Å². The highest BCUT2D eigenvalue weighted by Gasteiger charge is 1.92. The van der Waals surface area contributed by atoms with Crippen LogP contribution in [-0.4, -0.2) is 63.9 Å². The van der Waals surface area contributed by atoms with E-state index in [1.807, 2.05) is 19.9 Å². The summed E-state index contributed by atoms with van der Waals surface area (Å²) in [6.45, 7) is 8.63. The molecule has 0 aromatic rings. The van der Waals surface area contributed by atoms with Crippen LogP contribution in [-0.2, 0) is 18.9 Å². The summed E-state index contributed by atoms with van der Waals surface area (Å²) in [4.78, 5) is 0. The summed E-state index contributed by atoms with van der Waals surface area (Å²) in [7, 11) is 0. The fourth-order valence-corrected chi connectivity index (χ4v) is 1.07. The summed E-state index contributed by atoms with van der Waals surface area (Å²) in [5, 5.41) is 19.1. The number of hydrogen-bond donors (Lipinski definition) is 2.